The van der Waals surface area contributed by atoms with E-state index in [9.17, 15) is 0 Å². The first-order valence-corrected chi connectivity index (χ1v) is 5.87. The molecule has 0 spiro atoms. The summed E-state index contributed by atoms with van der Waals surface area (Å²) in [5, 5.41) is 0. The minimum Gasteiger partial charge on any atom is -0.418 e. The van der Waals surface area contributed by atoms with Gasteiger partial charge in [-0.2, -0.15) is 0 Å². The van der Waals surface area contributed by atoms with Gasteiger partial charge < -0.3 is 13.9 Å². The molecular formula is C8H20O3Si. The Morgan fingerprint density at radius 3 is 2.33 bits per heavy atom. The van der Waals surface area contributed by atoms with E-state index in [2.05, 4.69) is 6.92 Å². The third-order valence-electron chi connectivity index (χ3n) is 1.67. The molecule has 0 rings (SSSR count). The molecule has 0 heterocycles. The summed E-state index contributed by atoms with van der Waals surface area (Å²) < 4.78 is 15.5. The van der Waals surface area contributed by atoms with Crippen LogP contribution in [-0.4, -0.2) is 36.5 Å². The van der Waals surface area contributed by atoms with Crippen LogP contribution in [0, 0.1) is 0 Å². The van der Waals surface area contributed by atoms with Crippen molar-refractivity contribution in [3.8, 4) is 0 Å². The lowest BCUT2D eigenvalue weighted by atomic mass is 10.3. The van der Waals surface area contributed by atoms with Gasteiger partial charge in [-0.25, -0.2) is 0 Å². The number of unbranched alkanes of at least 4 members (excludes halogenated alkanes) is 2. The number of rotatable bonds is 8. The largest absolute Gasteiger partial charge is 0.418 e. The molecule has 0 unspecified atom stereocenters. The summed E-state index contributed by atoms with van der Waals surface area (Å²) in [6, 6.07) is 0. The van der Waals surface area contributed by atoms with E-state index in [-0.39, 0.29) is 5.91 Å². The van der Waals surface area contributed by atoms with Crippen LogP contribution in [0.2, 0.25) is 0 Å². The van der Waals surface area contributed by atoms with Crippen molar-refractivity contribution >= 4 is 9.76 Å². The fraction of sp³-hybridized carbons (Fsp3) is 1.00. The van der Waals surface area contributed by atoms with Crippen molar-refractivity contribution in [3.05, 3.63) is 0 Å². The van der Waals surface area contributed by atoms with Crippen molar-refractivity contribution in [2.45, 2.75) is 32.1 Å². The second kappa shape index (κ2) is 9.19. The summed E-state index contributed by atoms with van der Waals surface area (Å²) in [6.45, 7) is 3.05. The highest BCUT2D eigenvalue weighted by Crippen LogP contribution is 1.95. The van der Waals surface area contributed by atoms with Gasteiger partial charge in [0.25, 0.3) is 0 Å². The molecule has 0 amide bonds. The summed E-state index contributed by atoms with van der Waals surface area (Å²) in [5.41, 5.74) is 0. The van der Waals surface area contributed by atoms with Crippen molar-refractivity contribution in [2.24, 2.45) is 0 Å². The average Bonchev–Trinajstić information content (AvgIpc) is 2.11. The molecule has 0 aromatic heterocycles. The van der Waals surface area contributed by atoms with E-state index in [1.54, 1.807) is 14.2 Å². The lowest BCUT2D eigenvalue weighted by Gasteiger charge is -2.12. The smallest absolute Gasteiger partial charge is 0.223 e. The van der Waals surface area contributed by atoms with Crippen molar-refractivity contribution in [2.75, 3.05) is 20.8 Å². The number of hydrogen-bond donors (Lipinski definition) is 0. The average molecular weight is 192 g/mol. The molecule has 0 N–H and O–H groups in total. The summed E-state index contributed by atoms with van der Waals surface area (Å²) >= 11 is 0. The van der Waals surface area contributed by atoms with Crippen LogP contribution < -0.4 is 0 Å². The van der Waals surface area contributed by atoms with E-state index in [0.29, 0.717) is 0 Å². The Labute approximate surface area is 77.3 Å². The summed E-state index contributed by atoms with van der Waals surface area (Å²) in [6.07, 6.45) is 3.64. The van der Waals surface area contributed by atoms with Gasteiger partial charge >= 0.3 is 0 Å². The zero-order valence-corrected chi connectivity index (χ0v) is 9.75. The predicted molar refractivity (Wildman–Crippen MR) is 51.8 cm³/mol. The van der Waals surface area contributed by atoms with Gasteiger partial charge in [0, 0.05) is 20.8 Å². The molecule has 0 fully saturated rings. The van der Waals surface area contributed by atoms with E-state index in [4.69, 9.17) is 13.9 Å². The second-order valence-electron chi connectivity index (χ2n) is 2.68. The first kappa shape index (κ1) is 12.1. The SMILES string of the molecule is CCCCCO[SiH2]C(OC)OC. The van der Waals surface area contributed by atoms with Crippen molar-refractivity contribution < 1.29 is 13.9 Å². The van der Waals surface area contributed by atoms with Gasteiger partial charge in [-0.3, -0.25) is 0 Å². The standard InChI is InChI=1S/C8H20O3Si/c1-4-5-6-7-11-12-8(9-2)10-3/h8H,4-7,12H2,1-3H3. The maximum absolute atomic E-state index is 5.47. The van der Waals surface area contributed by atoms with E-state index in [0.717, 1.165) is 13.0 Å². The highest BCUT2D eigenvalue weighted by Gasteiger charge is 2.04. The molecule has 0 aromatic rings. The monoisotopic (exact) mass is 192 g/mol. The zero-order valence-electron chi connectivity index (χ0n) is 8.34. The summed E-state index contributed by atoms with van der Waals surface area (Å²) in [4.78, 5) is 0. The Morgan fingerprint density at radius 2 is 1.83 bits per heavy atom. The Balaban J connectivity index is 3.06. The number of hydrogen-bond acceptors (Lipinski definition) is 3. The van der Waals surface area contributed by atoms with Gasteiger partial charge in [0.05, 0.1) is 0 Å². The molecule has 0 aliphatic rings. The minimum atomic E-state index is -0.647. The molecular weight excluding hydrogens is 172 g/mol. The van der Waals surface area contributed by atoms with Gasteiger partial charge in [-0.1, -0.05) is 19.8 Å². The molecule has 0 saturated heterocycles. The van der Waals surface area contributed by atoms with Gasteiger partial charge in [0.2, 0.25) is 9.76 Å². The molecule has 0 bridgehead atoms. The fourth-order valence-corrected chi connectivity index (χ4v) is 1.70. The van der Waals surface area contributed by atoms with Gasteiger partial charge in [-0.15, -0.1) is 0 Å². The summed E-state index contributed by atoms with van der Waals surface area (Å²) in [5.74, 6) is -0.0772. The Kier molecular flexibility index (Phi) is 9.26. The zero-order chi connectivity index (χ0) is 9.23. The molecule has 4 heteroatoms. The third-order valence-corrected chi connectivity index (χ3v) is 3.14. The molecule has 0 aromatic carbocycles. The van der Waals surface area contributed by atoms with Crippen LogP contribution in [0.3, 0.4) is 0 Å². The second-order valence-corrected chi connectivity index (χ2v) is 4.09. The maximum atomic E-state index is 5.47. The molecule has 0 radical (unpaired) electrons. The van der Waals surface area contributed by atoms with Crippen molar-refractivity contribution in [3.63, 3.8) is 0 Å². The Morgan fingerprint density at radius 1 is 1.17 bits per heavy atom. The van der Waals surface area contributed by atoms with Crippen LogP contribution in [0.15, 0.2) is 0 Å². The van der Waals surface area contributed by atoms with E-state index >= 15 is 0 Å². The summed E-state index contributed by atoms with van der Waals surface area (Å²) in [7, 11) is 2.65. The highest BCUT2D eigenvalue weighted by atomic mass is 28.2. The van der Waals surface area contributed by atoms with Crippen LogP contribution in [0.25, 0.3) is 0 Å². The van der Waals surface area contributed by atoms with Crippen LogP contribution >= 0.6 is 0 Å². The van der Waals surface area contributed by atoms with Crippen LogP contribution in [0.1, 0.15) is 26.2 Å². The minimum absolute atomic E-state index is 0.0772. The Hall–Kier alpha value is 0.0969. The van der Waals surface area contributed by atoms with E-state index in [1.165, 1.54) is 12.8 Å². The van der Waals surface area contributed by atoms with Crippen LogP contribution in [-0.2, 0) is 13.9 Å². The first-order chi connectivity index (χ1) is 5.85. The quantitative estimate of drug-likeness (QED) is 0.324. The predicted octanol–water partition coefficient (Wildman–Crippen LogP) is 0.853. The Bertz CT molecular complexity index is 86.4. The van der Waals surface area contributed by atoms with Gasteiger partial charge in [0.1, 0.15) is 0 Å². The van der Waals surface area contributed by atoms with Gasteiger partial charge in [-0.05, 0) is 6.42 Å². The molecule has 12 heavy (non-hydrogen) atoms. The normalized spacial score (nSPS) is 12.0. The van der Waals surface area contributed by atoms with E-state index in [1.807, 2.05) is 0 Å². The van der Waals surface area contributed by atoms with E-state index < -0.39 is 9.76 Å². The van der Waals surface area contributed by atoms with Crippen molar-refractivity contribution in [1.82, 2.24) is 0 Å². The molecule has 0 aliphatic carbocycles. The maximum Gasteiger partial charge on any atom is 0.223 e. The molecule has 0 saturated carbocycles. The van der Waals surface area contributed by atoms with Gasteiger partial charge in [0.15, 0.2) is 5.91 Å². The van der Waals surface area contributed by atoms with Crippen molar-refractivity contribution in [1.29, 1.82) is 0 Å². The topological polar surface area (TPSA) is 27.7 Å². The third kappa shape index (κ3) is 6.79. The molecule has 74 valence electrons. The lowest BCUT2D eigenvalue weighted by molar-refractivity contribution is -0.0527. The molecule has 0 aliphatic heterocycles. The lowest BCUT2D eigenvalue weighted by Crippen LogP contribution is -2.24. The number of methoxy groups -OCH3 is 2. The van der Waals surface area contributed by atoms with Crippen LogP contribution in [0.5, 0.6) is 0 Å². The molecule has 3 nitrogen and oxygen atoms in total. The van der Waals surface area contributed by atoms with Crippen LogP contribution in [0.4, 0.5) is 0 Å². The first-order valence-electron chi connectivity index (χ1n) is 4.48. The highest BCUT2D eigenvalue weighted by molar-refractivity contribution is 6.28. The molecule has 0 atom stereocenters. The fourth-order valence-electron chi connectivity index (χ4n) is 0.866. The number of ether oxygens (including phenoxy) is 2.